The lowest BCUT2D eigenvalue weighted by molar-refractivity contribution is -0.123. The van der Waals surface area contributed by atoms with Crippen molar-refractivity contribution in [2.24, 2.45) is 11.7 Å². The lowest BCUT2D eigenvalue weighted by Gasteiger charge is -2.34. The first kappa shape index (κ1) is 18.4. The Kier molecular flexibility index (Phi) is 5.01. The third kappa shape index (κ3) is 3.31. The number of amides is 2. The van der Waals surface area contributed by atoms with Gasteiger partial charge in [0.1, 0.15) is 6.04 Å². The average Bonchev–Trinajstić information content (AvgIpc) is 2.60. The number of carbonyl (C=O) groups excluding carboxylic acids is 2. The number of carbonyl (C=O) groups is 2. The molecule has 0 bridgehead atoms. The molecule has 0 spiro atoms. The second kappa shape index (κ2) is 7.08. The van der Waals surface area contributed by atoms with Crippen LogP contribution in [-0.2, 0) is 14.6 Å². The van der Waals surface area contributed by atoms with Gasteiger partial charge in [-0.25, -0.2) is 8.42 Å². The molecule has 1 aromatic carbocycles. The van der Waals surface area contributed by atoms with E-state index in [1.54, 1.807) is 6.07 Å². The Morgan fingerprint density at radius 3 is 2.62 bits per heavy atom. The van der Waals surface area contributed by atoms with Crippen LogP contribution in [0.5, 0.6) is 0 Å². The van der Waals surface area contributed by atoms with Gasteiger partial charge in [0.2, 0.25) is 5.91 Å². The molecule has 1 aromatic rings. The largest absolute Gasteiger partial charge is 0.368 e. The minimum Gasteiger partial charge on any atom is -0.368 e. The summed E-state index contributed by atoms with van der Waals surface area (Å²) in [6.07, 6.45) is 2.79. The van der Waals surface area contributed by atoms with Crippen molar-refractivity contribution in [3.63, 3.8) is 0 Å². The first-order chi connectivity index (χ1) is 12.3. The summed E-state index contributed by atoms with van der Waals surface area (Å²) >= 11 is 0. The third-order valence-corrected chi connectivity index (χ3v) is 7.39. The minimum absolute atomic E-state index is 0.0809. The Balaban J connectivity index is 1.84. The van der Waals surface area contributed by atoms with E-state index in [1.165, 1.54) is 23.1 Å². The maximum Gasteiger partial charge on any atom is 0.254 e. The number of nitrogens with zero attached hydrogens (tertiary/aromatic N) is 2. The van der Waals surface area contributed by atoms with Gasteiger partial charge in [-0.3, -0.25) is 9.59 Å². The van der Waals surface area contributed by atoms with Crippen molar-refractivity contribution in [2.75, 3.05) is 6.54 Å². The Morgan fingerprint density at radius 2 is 1.96 bits per heavy atom. The van der Waals surface area contributed by atoms with Crippen LogP contribution in [-0.4, -0.2) is 43.0 Å². The van der Waals surface area contributed by atoms with Crippen molar-refractivity contribution in [2.45, 2.75) is 48.3 Å². The molecule has 0 radical (unpaired) electrons. The van der Waals surface area contributed by atoms with E-state index in [2.05, 4.69) is 6.07 Å². The molecule has 1 aliphatic heterocycles. The van der Waals surface area contributed by atoms with Gasteiger partial charge in [0.05, 0.1) is 16.2 Å². The van der Waals surface area contributed by atoms with Crippen LogP contribution in [0.1, 0.15) is 42.5 Å². The van der Waals surface area contributed by atoms with Gasteiger partial charge >= 0.3 is 0 Å². The summed E-state index contributed by atoms with van der Waals surface area (Å²) in [4.78, 5) is 26.0. The fourth-order valence-corrected chi connectivity index (χ4v) is 5.47. The summed E-state index contributed by atoms with van der Waals surface area (Å²) in [5.74, 6) is -1.14. The van der Waals surface area contributed by atoms with Gasteiger partial charge in [-0.2, -0.15) is 5.26 Å². The highest BCUT2D eigenvalue weighted by atomic mass is 32.2. The minimum atomic E-state index is -3.58. The van der Waals surface area contributed by atoms with Crippen LogP contribution in [0.3, 0.4) is 0 Å². The summed E-state index contributed by atoms with van der Waals surface area (Å²) < 4.78 is 25.4. The molecule has 7 nitrogen and oxygen atoms in total. The first-order valence-corrected chi connectivity index (χ1v) is 10.2. The summed E-state index contributed by atoms with van der Waals surface area (Å²) in [7, 11) is -3.58. The average molecular weight is 375 g/mol. The molecular weight excluding hydrogens is 354 g/mol. The molecule has 2 fully saturated rings. The zero-order valence-corrected chi connectivity index (χ0v) is 15.1. The second-order valence-corrected chi connectivity index (χ2v) is 9.13. The quantitative estimate of drug-likeness (QED) is 0.848. The van der Waals surface area contributed by atoms with Crippen molar-refractivity contribution >= 4 is 21.7 Å². The lowest BCUT2D eigenvalue weighted by atomic mass is 9.86. The third-order valence-electron chi connectivity index (χ3n) is 5.22. The van der Waals surface area contributed by atoms with Gasteiger partial charge < -0.3 is 10.6 Å². The highest BCUT2D eigenvalue weighted by Crippen LogP contribution is 2.36. The number of benzene rings is 1. The fraction of sp³-hybridized carbons (Fsp3) is 0.500. The van der Waals surface area contributed by atoms with Gasteiger partial charge in [-0.1, -0.05) is 6.07 Å². The highest BCUT2D eigenvalue weighted by molar-refractivity contribution is 7.92. The predicted octanol–water partition coefficient (Wildman–Crippen LogP) is 1.24. The van der Waals surface area contributed by atoms with Crippen molar-refractivity contribution in [3.8, 4) is 6.07 Å². The summed E-state index contributed by atoms with van der Waals surface area (Å²) in [5, 5.41) is 8.26. The van der Waals surface area contributed by atoms with Crippen LogP contribution in [0.2, 0.25) is 0 Å². The summed E-state index contributed by atoms with van der Waals surface area (Å²) in [6, 6.07) is 7.33. The maximum absolute atomic E-state index is 12.8. The van der Waals surface area contributed by atoms with E-state index < -0.39 is 27.0 Å². The number of rotatable bonds is 4. The number of likely N-dealkylation sites (tertiary alicyclic amines) is 1. The Bertz CT molecular complexity index is 869. The van der Waals surface area contributed by atoms with Crippen molar-refractivity contribution in [1.29, 1.82) is 5.26 Å². The van der Waals surface area contributed by atoms with Crippen molar-refractivity contribution < 1.29 is 18.0 Å². The summed E-state index contributed by atoms with van der Waals surface area (Å²) in [6.45, 7) is 0.426. The lowest BCUT2D eigenvalue weighted by Crippen LogP contribution is -2.50. The number of hydrogen-bond donors (Lipinski definition) is 1. The zero-order valence-electron chi connectivity index (χ0n) is 14.3. The van der Waals surface area contributed by atoms with Crippen LogP contribution in [0.25, 0.3) is 0 Å². The number of sulfone groups is 1. The van der Waals surface area contributed by atoms with E-state index >= 15 is 0 Å². The van der Waals surface area contributed by atoms with Crippen LogP contribution in [0, 0.1) is 17.2 Å². The maximum atomic E-state index is 12.8. The molecule has 1 saturated heterocycles. The second-order valence-electron chi connectivity index (χ2n) is 6.90. The molecule has 8 heteroatoms. The van der Waals surface area contributed by atoms with Crippen LogP contribution >= 0.6 is 0 Å². The number of primary amides is 1. The number of hydrogen-bond acceptors (Lipinski definition) is 5. The molecular formula is C18H21N3O4S. The van der Waals surface area contributed by atoms with Gasteiger partial charge in [0, 0.05) is 18.0 Å². The van der Waals surface area contributed by atoms with Crippen LogP contribution in [0.15, 0.2) is 29.2 Å². The topological polar surface area (TPSA) is 121 Å². The molecule has 1 atom stereocenters. The van der Waals surface area contributed by atoms with E-state index in [-0.39, 0.29) is 22.3 Å². The number of nitrogens with two attached hydrogens (primary N) is 1. The van der Waals surface area contributed by atoms with E-state index in [0.717, 1.165) is 12.8 Å². The number of nitriles is 1. The Labute approximate surface area is 152 Å². The molecule has 138 valence electrons. The van der Waals surface area contributed by atoms with E-state index in [9.17, 15) is 18.0 Å². The fourth-order valence-electron chi connectivity index (χ4n) is 3.56. The van der Waals surface area contributed by atoms with Gasteiger partial charge in [0.15, 0.2) is 9.84 Å². The first-order valence-electron chi connectivity index (χ1n) is 8.68. The molecule has 1 saturated carbocycles. The SMILES string of the molecule is N#C[C@H]1C[C@H](S(=O)(=O)c2cccc(C(=O)N3CCCCC3C(N)=O)c2)C1. The predicted molar refractivity (Wildman–Crippen MR) is 93.6 cm³/mol. The molecule has 1 aliphatic carbocycles. The number of piperidine rings is 1. The molecule has 3 rings (SSSR count). The summed E-state index contributed by atoms with van der Waals surface area (Å²) in [5.41, 5.74) is 5.64. The molecule has 2 N–H and O–H groups in total. The monoisotopic (exact) mass is 375 g/mol. The van der Waals surface area contributed by atoms with Gasteiger partial charge in [-0.15, -0.1) is 0 Å². The van der Waals surface area contributed by atoms with Gasteiger partial charge in [-0.05, 0) is 50.3 Å². The van der Waals surface area contributed by atoms with E-state index in [0.29, 0.717) is 25.8 Å². The van der Waals surface area contributed by atoms with Crippen LogP contribution < -0.4 is 5.73 Å². The smallest absolute Gasteiger partial charge is 0.254 e. The molecule has 1 unspecified atom stereocenters. The van der Waals surface area contributed by atoms with E-state index in [4.69, 9.17) is 11.0 Å². The Morgan fingerprint density at radius 1 is 1.23 bits per heavy atom. The normalized spacial score (nSPS) is 25.8. The Hall–Kier alpha value is -2.40. The van der Waals surface area contributed by atoms with E-state index in [1.807, 2.05) is 0 Å². The van der Waals surface area contributed by atoms with Gasteiger partial charge in [0.25, 0.3) is 5.91 Å². The van der Waals surface area contributed by atoms with Crippen LogP contribution in [0.4, 0.5) is 0 Å². The van der Waals surface area contributed by atoms with Crippen molar-refractivity contribution in [1.82, 2.24) is 4.90 Å². The zero-order chi connectivity index (χ0) is 18.9. The molecule has 26 heavy (non-hydrogen) atoms. The van der Waals surface area contributed by atoms with Crippen molar-refractivity contribution in [3.05, 3.63) is 29.8 Å². The standard InChI is InChI=1S/C18H21N3O4S/c19-11-12-8-15(9-12)26(24,25)14-5-3-4-13(10-14)18(23)21-7-2-1-6-16(21)17(20)22/h3-5,10,12,15-16H,1-2,6-9H2,(H2,20,22)/t12-,15-,16?. The molecule has 2 amide bonds. The molecule has 0 aromatic heterocycles. The molecule has 2 aliphatic rings. The molecule has 1 heterocycles. The highest BCUT2D eigenvalue weighted by Gasteiger charge is 2.40.